The largest absolute Gasteiger partial charge is 0.492 e. The number of benzene rings is 2. The van der Waals surface area contributed by atoms with E-state index in [9.17, 15) is 13.2 Å². The molecule has 2 atom stereocenters. The van der Waals surface area contributed by atoms with Crippen molar-refractivity contribution >= 4 is 55.7 Å². The van der Waals surface area contributed by atoms with Crippen molar-refractivity contribution in [3.05, 3.63) is 44.8 Å². The highest BCUT2D eigenvalue weighted by molar-refractivity contribution is 9.10. The zero-order valence-electron chi connectivity index (χ0n) is 14.2. The fraction of sp³-hybridized carbons (Fsp3) is 0.235. The Hall–Kier alpha value is -1.52. The van der Waals surface area contributed by atoms with E-state index in [1.165, 1.54) is 18.2 Å². The quantitative estimate of drug-likeness (QED) is 0.493. The van der Waals surface area contributed by atoms with Crippen LogP contribution in [0.3, 0.4) is 0 Å². The molecule has 2 aromatic carbocycles. The molecule has 0 spiro atoms. The minimum absolute atomic E-state index is 0.0696. The van der Waals surface area contributed by atoms with Gasteiger partial charge in [0.25, 0.3) is 0 Å². The van der Waals surface area contributed by atoms with Crippen molar-refractivity contribution in [3.8, 4) is 17.2 Å². The lowest BCUT2D eigenvalue weighted by Gasteiger charge is -2.13. The van der Waals surface area contributed by atoms with Gasteiger partial charge in [-0.05, 0) is 30.7 Å². The SMILES string of the molecule is NC(=O)C1(N)CC1COc1ccc(Oc2c(Cl)cc(Br)cc2Cl)cc1[SH](=O)=O. The maximum atomic E-state index is 11.6. The number of amides is 1. The summed E-state index contributed by atoms with van der Waals surface area (Å²) in [6.45, 7) is 0.0696. The zero-order valence-corrected chi connectivity index (χ0v) is 18.1. The van der Waals surface area contributed by atoms with Gasteiger partial charge >= 0.3 is 0 Å². The maximum absolute atomic E-state index is 11.6. The minimum Gasteiger partial charge on any atom is -0.492 e. The molecule has 0 aromatic heterocycles. The summed E-state index contributed by atoms with van der Waals surface area (Å²) in [5.41, 5.74) is 9.96. The number of hydrogen-bond donors (Lipinski definition) is 3. The van der Waals surface area contributed by atoms with Crippen LogP contribution in [0.2, 0.25) is 10.0 Å². The third-order valence-corrected chi connectivity index (χ3v) is 6.12. The molecule has 0 saturated heterocycles. The van der Waals surface area contributed by atoms with Crippen LogP contribution >= 0.6 is 39.1 Å². The van der Waals surface area contributed by atoms with Crippen LogP contribution in [-0.4, -0.2) is 26.5 Å². The van der Waals surface area contributed by atoms with Gasteiger partial charge in [-0.25, -0.2) is 8.42 Å². The van der Waals surface area contributed by atoms with Crippen LogP contribution in [-0.2, 0) is 15.5 Å². The molecule has 2 aromatic rings. The molecule has 1 amide bonds. The Kier molecular flexibility index (Phi) is 6.11. The van der Waals surface area contributed by atoms with E-state index in [0.29, 0.717) is 10.9 Å². The molecule has 0 bridgehead atoms. The van der Waals surface area contributed by atoms with Crippen LogP contribution in [0.1, 0.15) is 6.42 Å². The number of carbonyl (C=O) groups excluding carboxylic acids is 1. The monoisotopic (exact) mass is 508 g/mol. The van der Waals surface area contributed by atoms with Gasteiger partial charge in [0.05, 0.1) is 16.7 Å². The molecule has 1 saturated carbocycles. The first-order valence-electron chi connectivity index (χ1n) is 7.94. The van der Waals surface area contributed by atoms with E-state index in [2.05, 4.69) is 15.9 Å². The van der Waals surface area contributed by atoms with Crippen LogP contribution in [0.4, 0.5) is 0 Å². The molecule has 4 N–H and O–H groups in total. The molecule has 28 heavy (non-hydrogen) atoms. The predicted octanol–water partition coefficient (Wildman–Crippen LogP) is 3.10. The van der Waals surface area contributed by atoms with Gasteiger partial charge in [0.1, 0.15) is 21.9 Å². The summed E-state index contributed by atoms with van der Waals surface area (Å²) in [4.78, 5) is 11.2. The van der Waals surface area contributed by atoms with Gasteiger partial charge in [0.15, 0.2) is 16.5 Å². The lowest BCUT2D eigenvalue weighted by atomic mass is 10.2. The lowest BCUT2D eigenvalue weighted by Crippen LogP contribution is -2.41. The van der Waals surface area contributed by atoms with Crippen molar-refractivity contribution < 1.29 is 22.7 Å². The average molecular weight is 510 g/mol. The van der Waals surface area contributed by atoms with Crippen molar-refractivity contribution in [1.82, 2.24) is 0 Å². The van der Waals surface area contributed by atoms with Gasteiger partial charge in [0, 0.05) is 16.5 Å². The predicted molar refractivity (Wildman–Crippen MR) is 109 cm³/mol. The molecular weight excluding hydrogens is 495 g/mol. The number of thiol groups is 1. The van der Waals surface area contributed by atoms with Gasteiger partial charge in [-0.2, -0.15) is 0 Å². The average Bonchev–Trinajstić information content (AvgIpc) is 3.28. The second-order valence-corrected chi connectivity index (χ2v) is 9.03. The topological polar surface area (TPSA) is 122 Å². The Labute approximate surface area is 181 Å². The number of carbonyl (C=O) groups is 1. The first kappa shape index (κ1) is 21.2. The highest BCUT2D eigenvalue weighted by Crippen LogP contribution is 2.42. The van der Waals surface area contributed by atoms with Crippen LogP contribution in [0.25, 0.3) is 0 Å². The molecule has 1 aliphatic rings. The third-order valence-electron chi connectivity index (χ3n) is 4.36. The number of primary amides is 1. The van der Waals surface area contributed by atoms with E-state index in [1.54, 1.807) is 12.1 Å². The molecule has 0 aliphatic heterocycles. The summed E-state index contributed by atoms with van der Waals surface area (Å²) in [6.07, 6.45) is 0.392. The Bertz CT molecular complexity index is 1000. The maximum Gasteiger partial charge on any atom is 0.237 e. The van der Waals surface area contributed by atoms with Gasteiger partial charge in [-0.15, -0.1) is 0 Å². The molecule has 11 heteroatoms. The minimum atomic E-state index is -2.98. The van der Waals surface area contributed by atoms with E-state index in [0.717, 1.165) is 0 Å². The van der Waals surface area contributed by atoms with Crippen molar-refractivity contribution in [3.63, 3.8) is 0 Å². The van der Waals surface area contributed by atoms with E-state index in [1.807, 2.05) is 0 Å². The molecule has 1 fully saturated rings. The van der Waals surface area contributed by atoms with E-state index >= 15 is 0 Å². The van der Waals surface area contributed by atoms with Crippen LogP contribution in [0, 0.1) is 5.92 Å². The fourth-order valence-electron chi connectivity index (χ4n) is 2.62. The Morgan fingerprint density at radius 2 is 1.89 bits per heavy atom. The number of hydrogen-bond acceptors (Lipinski definition) is 6. The lowest BCUT2D eigenvalue weighted by molar-refractivity contribution is -0.120. The van der Waals surface area contributed by atoms with Crippen molar-refractivity contribution in [2.24, 2.45) is 17.4 Å². The summed E-state index contributed by atoms with van der Waals surface area (Å²) >= 11 is 15.5. The highest BCUT2D eigenvalue weighted by Gasteiger charge is 2.56. The smallest absolute Gasteiger partial charge is 0.237 e. The van der Waals surface area contributed by atoms with Crippen molar-refractivity contribution in [2.75, 3.05) is 6.61 Å². The summed E-state index contributed by atoms with van der Waals surface area (Å²) in [6, 6.07) is 7.46. The first-order valence-corrected chi connectivity index (χ1v) is 10.7. The highest BCUT2D eigenvalue weighted by atomic mass is 79.9. The summed E-state index contributed by atoms with van der Waals surface area (Å²) in [7, 11) is -2.98. The van der Waals surface area contributed by atoms with Crippen LogP contribution in [0.5, 0.6) is 17.2 Å². The molecule has 2 unspecified atom stereocenters. The third kappa shape index (κ3) is 4.38. The number of ether oxygens (including phenoxy) is 2. The molecule has 7 nitrogen and oxygen atoms in total. The Balaban J connectivity index is 1.80. The Morgan fingerprint density at radius 3 is 2.43 bits per heavy atom. The second-order valence-electron chi connectivity index (χ2n) is 6.30. The number of nitrogens with two attached hydrogens (primary N) is 2. The van der Waals surface area contributed by atoms with Gasteiger partial charge in [-0.3, -0.25) is 4.79 Å². The van der Waals surface area contributed by atoms with E-state index < -0.39 is 22.2 Å². The summed E-state index contributed by atoms with van der Waals surface area (Å²) in [5, 5.41) is 0.513. The summed E-state index contributed by atoms with van der Waals surface area (Å²) < 4.78 is 35.2. The van der Waals surface area contributed by atoms with Crippen molar-refractivity contribution in [2.45, 2.75) is 16.9 Å². The molecule has 0 heterocycles. The molecule has 1 aliphatic carbocycles. The standard InChI is InChI=1S/C17H15BrCl2N2O5S/c18-9-3-11(19)15(12(20)4-9)27-10-1-2-13(14(5-10)28(24)25)26-7-8-6-17(8,22)16(21)23/h1-5,8,28H,6-7,22H2,(H2,21,23). The summed E-state index contributed by atoms with van der Waals surface area (Å²) in [5.74, 6) is -0.346. The second kappa shape index (κ2) is 8.08. The number of rotatable bonds is 7. The number of halogens is 3. The van der Waals surface area contributed by atoms with Crippen molar-refractivity contribution in [1.29, 1.82) is 0 Å². The Morgan fingerprint density at radius 1 is 1.25 bits per heavy atom. The van der Waals surface area contributed by atoms with E-state index in [4.69, 9.17) is 44.1 Å². The molecule has 0 radical (unpaired) electrons. The fourth-order valence-corrected chi connectivity index (χ4v) is 4.46. The first-order chi connectivity index (χ1) is 13.1. The zero-order chi connectivity index (χ0) is 20.6. The van der Waals surface area contributed by atoms with Gasteiger partial charge in [-0.1, -0.05) is 39.1 Å². The van der Waals surface area contributed by atoms with Crippen LogP contribution in [0.15, 0.2) is 39.7 Å². The normalized spacial score (nSPS) is 20.8. The molecule has 3 rings (SSSR count). The van der Waals surface area contributed by atoms with Gasteiger partial charge in [0.2, 0.25) is 5.91 Å². The van der Waals surface area contributed by atoms with Gasteiger partial charge < -0.3 is 20.9 Å². The molecule has 150 valence electrons. The molecular formula is C17H15BrCl2N2O5S. The van der Waals surface area contributed by atoms with E-state index in [-0.39, 0.29) is 44.7 Å². The van der Waals surface area contributed by atoms with Crippen LogP contribution < -0.4 is 20.9 Å².